The van der Waals surface area contributed by atoms with Gasteiger partial charge in [0, 0.05) is 23.6 Å². The van der Waals surface area contributed by atoms with Crippen molar-refractivity contribution in [1.82, 2.24) is 5.16 Å². The first-order valence-corrected chi connectivity index (χ1v) is 10.9. The predicted octanol–water partition coefficient (Wildman–Crippen LogP) is 4.05. The summed E-state index contributed by atoms with van der Waals surface area (Å²) in [6.07, 6.45) is -0.438. The van der Waals surface area contributed by atoms with E-state index in [9.17, 15) is 22.0 Å². The number of ether oxygens (including phenoxy) is 1. The molecule has 0 fully saturated rings. The molecule has 0 aliphatic rings. The lowest BCUT2D eigenvalue weighted by Crippen LogP contribution is -2.18. The molecular weight excluding hydrogens is 430 g/mol. The van der Waals surface area contributed by atoms with Crippen molar-refractivity contribution in [3.63, 3.8) is 0 Å². The zero-order valence-electron chi connectivity index (χ0n) is 17.0. The zero-order valence-corrected chi connectivity index (χ0v) is 17.8. The lowest BCUT2D eigenvalue weighted by molar-refractivity contribution is -0.115. The maximum absolute atomic E-state index is 13.7. The number of aryl methyl sites for hydroxylation is 1. The third-order valence-electron chi connectivity index (χ3n) is 4.72. The Kier molecular flexibility index (Phi) is 6.40. The van der Waals surface area contributed by atoms with Crippen molar-refractivity contribution in [2.45, 2.75) is 25.2 Å². The molecule has 2 aromatic carbocycles. The van der Waals surface area contributed by atoms with Gasteiger partial charge in [-0.15, -0.1) is 0 Å². The minimum Gasteiger partial charge on any atom is -0.495 e. The van der Waals surface area contributed by atoms with Crippen LogP contribution in [0.5, 0.6) is 5.75 Å². The lowest BCUT2D eigenvalue weighted by atomic mass is 10.1. The number of carbonyl (C=O) groups excluding carboxylic acids is 1. The number of carbonyl (C=O) groups is 1. The Hall–Kier alpha value is -3.27. The summed E-state index contributed by atoms with van der Waals surface area (Å²) in [6, 6.07) is 7.21. The Morgan fingerprint density at radius 2 is 1.90 bits per heavy atom. The fraction of sp³-hybridized carbons (Fsp3) is 0.238. The van der Waals surface area contributed by atoms with Gasteiger partial charge in [-0.05, 0) is 44.2 Å². The summed E-state index contributed by atoms with van der Waals surface area (Å²) >= 11 is 0. The van der Waals surface area contributed by atoms with Crippen LogP contribution in [-0.2, 0) is 14.6 Å². The first-order chi connectivity index (χ1) is 14.6. The Labute approximate surface area is 177 Å². The molecule has 3 rings (SSSR count). The van der Waals surface area contributed by atoms with Gasteiger partial charge < -0.3 is 14.6 Å². The molecule has 31 heavy (non-hydrogen) atoms. The van der Waals surface area contributed by atoms with Gasteiger partial charge in [-0.2, -0.15) is 0 Å². The van der Waals surface area contributed by atoms with Gasteiger partial charge >= 0.3 is 0 Å². The Bertz CT molecular complexity index is 1240. The topological polar surface area (TPSA) is 98.5 Å². The number of amides is 1. The van der Waals surface area contributed by atoms with Gasteiger partial charge in [0.25, 0.3) is 0 Å². The van der Waals surface area contributed by atoms with Crippen LogP contribution in [0.3, 0.4) is 0 Å². The highest BCUT2D eigenvalue weighted by molar-refractivity contribution is 7.91. The molecule has 3 aromatic rings. The maximum atomic E-state index is 13.7. The number of anilines is 1. The average molecular weight is 450 g/mol. The number of nitrogens with one attached hydrogen (secondary N) is 1. The fourth-order valence-electron chi connectivity index (χ4n) is 2.89. The highest BCUT2D eigenvalue weighted by atomic mass is 32.2. The van der Waals surface area contributed by atoms with Crippen molar-refractivity contribution in [2.75, 3.05) is 18.2 Å². The highest BCUT2D eigenvalue weighted by Gasteiger charge is 2.23. The molecule has 0 bridgehead atoms. The van der Waals surface area contributed by atoms with Crippen LogP contribution in [0, 0.1) is 25.5 Å². The lowest BCUT2D eigenvalue weighted by Gasteiger charge is -2.11. The van der Waals surface area contributed by atoms with E-state index in [1.165, 1.54) is 19.2 Å². The van der Waals surface area contributed by atoms with Crippen molar-refractivity contribution in [1.29, 1.82) is 0 Å². The summed E-state index contributed by atoms with van der Waals surface area (Å²) in [5, 5.41) is 6.11. The van der Waals surface area contributed by atoms with Crippen LogP contribution in [0.4, 0.5) is 14.5 Å². The minimum absolute atomic E-state index is 0.110. The van der Waals surface area contributed by atoms with Gasteiger partial charge in [-0.25, -0.2) is 17.2 Å². The number of aromatic nitrogens is 1. The quantitative estimate of drug-likeness (QED) is 0.583. The van der Waals surface area contributed by atoms with Gasteiger partial charge in [-0.1, -0.05) is 5.16 Å². The van der Waals surface area contributed by atoms with Gasteiger partial charge in [-0.3, -0.25) is 4.79 Å². The molecule has 0 saturated carbocycles. The predicted molar refractivity (Wildman–Crippen MR) is 110 cm³/mol. The molecule has 1 aromatic heterocycles. The second-order valence-electron chi connectivity index (χ2n) is 6.83. The molecule has 1 N–H and O–H groups in total. The Morgan fingerprint density at radius 3 is 2.52 bits per heavy atom. The van der Waals surface area contributed by atoms with Crippen molar-refractivity contribution in [2.24, 2.45) is 0 Å². The van der Waals surface area contributed by atoms with E-state index >= 15 is 0 Å². The molecule has 0 saturated heterocycles. The van der Waals surface area contributed by atoms with Crippen LogP contribution < -0.4 is 10.1 Å². The number of hydrogen-bond donors (Lipinski definition) is 1. The van der Waals surface area contributed by atoms with E-state index in [4.69, 9.17) is 9.26 Å². The largest absolute Gasteiger partial charge is 0.495 e. The third kappa shape index (κ3) is 4.91. The molecule has 0 spiro atoms. The van der Waals surface area contributed by atoms with Crippen LogP contribution in [0.25, 0.3) is 11.3 Å². The number of rotatable bonds is 7. The van der Waals surface area contributed by atoms with Crippen molar-refractivity contribution in [3.05, 3.63) is 59.3 Å². The van der Waals surface area contributed by atoms with Crippen molar-refractivity contribution < 1.29 is 31.3 Å². The monoisotopic (exact) mass is 450 g/mol. The van der Waals surface area contributed by atoms with E-state index in [2.05, 4.69) is 10.5 Å². The molecule has 0 radical (unpaired) electrons. The van der Waals surface area contributed by atoms with Gasteiger partial charge in [0.1, 0.15) is 22.3 Å². The van der Waals surface area contributed by atoms with Gasteiger partial charge in [0.05, 0.1) is 24.2 Å². The molecule has 0 aliphatic carbocycles. The summed E-state index contributed by atoms with van der Waals surface area (Å²) in [5.74, 6) is -2.48. The summed E-state index contributed by atoms with van der Waals surface area (Å²) in [5.41, 5.74) is 1.71. The van der Waals surface area contributed by atoms with E-state index in [1.807, 2.05) is 0 Å². The van der Waals surface area contributed by atoms with E-state index < -0.39 is 39.6 Å². The normalized spacial score (nSPS) is 11.4. The summed E-state index contributed by atoms with van der Waals surface area (Å²) < 4.78 is 63.0. The van der Waals surface area contributed by atoms with E-state index in [-0.39, 0.29) is 16.3 Å². The minimum atomic E-state index is -3.95. The molecule has 0 unspecified atom stereocenters. The molecule has 0 atom stereocenters. The maximum Gasteiger partial charge on any atom is 0.225 e. The first kappa shape index (κ1) is 22.4. The standard InChI is InChI=1S/C21H20F2N2O5S/c1-12-13(2)25-30-21(12)14-4-7-18(29-3)19(10-14)31(27,28)9-8-20(26)24-17-6-5-15(22)11-16(17)23/h4-7,10-11H,8-9H2,1-3H3,(H,24,26). The van der Waals surface area contributed by atoms with Crippen molar-refractivity contribution >= 4 is 21.4 Å². The SMILES string of the molecule is COc1ccc(-c2onc(C)c2C)cc1S(=O)(=O)CCC(=O)Nc1ccc(F)cc1F. The van der Waals surface area contributed by atoms with E-state index in [0.29, 0.717) is 23.1 Å². The molecule has 10 heteroatoms. The average Bonchev–Trinajstić information content (AvgIpc) is 3.06. The molecule has 1 heterocycles. The summed E-state index contributed by atoms with van der Waals surface area (Å²) in [6.45, 7) is 3.57. The molecule has 164 valence electrons. The number of benzene rings is 2. The second kappa shape index (κ2) is 8.84. The zero-order chi connectivity index (χ0) is 22.8. The van der Waals surface area contributed by atoms with Crippen LogP contribution in [-0.4, -0.2) is 32.3 Å². The van der Waals surface area contributed by atoms with Crippen LogP contribution >= 0.6 is 0 Å². The number of methoxy groups -OCH3 is 1. The molecule has 7 nitrogen and oxygen atoms in total. The molecule has 1 amide bonds. The van der Waals surface area contributed by atoms with Gasteiger partial charge in [0.15, 0.2) is 15.6 Å². The highest BCUT2D eigenvalue weighted by Crippen LogP contribution is 2.33. The van der Waals surface area contributed by atoms with Crippen LogP contribution in [0.15, 0.2) is 45.8 Å². The van der Waals surface area contributed by atoms with Gasteiger partial charge in [0.2, 0.25) is 5.91 Å². The first-order valence-electron chi connectivity index (χ1n) is 9.21. The number of sulfone groups is 1. The fourth-order valence-corrected chi connectivity index (χ4v) is 4.32. The smallest absolute Gasteiger partial charge is 0.225 e. The number of halogens is 2. The second-order valence-corrected chi connectivity index (χ2v) is 8.91. The Balaban J connectivity index is 1.81. The number of hydrogen-bond acceptors (Lipinski definition) is 6. The summed E-state index contributed by atoms with van der Waals surface area (Å²) in [4.78, 5) is 12.0. The third-order valence-corrected chi connectivity index (χ3v) is 6.45. The van der Waals surface area contributed by atoms with Crippen molar-refractivity contribution in [3.8, 4) is 17.1 Å². The Morgan fingerprint density at radius 1 is 1.16 bits per heavy atom. The number of nitrogens with zero attached hydrogens (tertiary/aromatic N) is 1. The van der Waals surface area contributed by atoms with E-state index in [1.54, 1.807) is 19.9 Å². The van der Waals surface area contributed by atoms with Crippen LogP contribution in [0.2, 0.25) is 0 Å². The molecular formula is C21H20F2N2O5S. The van der Waals surface area contributed by atoms with E-state index in [0.717, 1.165) is 17.7 Å². The van der Waals surface area contributed by atoms with Crippen LogP contribution in [0.1, 0.15) is 17.7 Å². The molecule has 0 aliphatic heterocycles. The summed E-state index contributed by atoms with van der Waals surface area (Å²) in [7, 11) is -2.61.